The fourth-order valence-corrected chi connectivity index (χ4v) is 1.87. The van der Waals surface area contributed by atoms with Gasteiger partial charge in [0.2, 0.25) is 0 Å². The van der Waals surface area contributed by atoms with Crippen molar-refractivity contribution >= 4 is 12.4 Å². The van der Waals surface area contributed by atoms with Gasteiger partial charge in [-0.05, 0) is 32.6 Å². The van der Waals surface area contributed by atoms with E-state index in [0.717, 1.165) is 12.7 Å². The van der Waals surface area contributed by atoms with Gasteiger partial charge in [-0.15, -0.1) is 0 Å². The largest absolute Gasteiger partial charge is 0.444 e. The summed E-state index contributed by atoms with van der Waals surface area (Å²) >= 11 is 0. The topological polar surface area (TPSA) is 46.6 Å². The number of carbonyl (C=O) groups excluding carboxylic acids is 2. The van der Waals surface area contributed by atoms with Crippen LogP contribution in [0.4, 0.5) is 4.79 Å². The van der Waals surface area contributed by atoms with E-state index in [4.69, 9.17) is 4.74 Å². The Hall–Kier alpha value is -1.06. The maximum Gasteiger partial charge on any atom is 0.410 e. The Kier molecular flexibility index (Phi) is 3.61. The van der Waals surface area contributed by atoms with Crippen LogP contribution in [0, 0.1) is 5.41 Å². The maximum absolute atomic E-state index is 11.8. The molecule has 0 aliphatic carbocycles. The first-order valence-corrected chi connectivity index (χ1v) is 5.67. The summed E-state index contributed by atoms with van der Waals surface area (Å²) in [5.74, 6) is 0. The minimum absolute atomic E-state index is 0.0708. The second-order valence-corrected chi connectivity index (χ2v) is 5.83. The van der Waals surface area contributed by atoms with Crippen molar-refractivity contribution < 1.29 is 14.3 Å². The number of amides is 1. The number of aldehydes is 1. The third-order valence-corrected chi connectivity index (χ3v) is 2.79. The van der Waals surface area contributed by atoms with Gasteiger partial charge in [0.05, 0.1) is 0 Å². The van der Waals surface area contributed by atoms with Crippen molar-refractivity contribution in [3.8, 4) is 0 Å². The molecular formula is C12H21NO3. The van der Waals surface area contributed by atoms with Crippen molar-refractivity contribution in [2.45, 2.75) is 46.1 Å². The number of likely N-dealkylation sites (tertiary alicyclic amines) is 1. The van der Waals surface area contributed by atoms with E-state index in [2.05, 4.69) is 0 Å². The molecule has 0 aromatic carbocycles. The second kappa shape index (κ2) is 4.44. The number of rotatable bonds is 2. The van der Waals surface area contributed by atoms with Crippen LogP contribution in [0.25, 0.3) is 0 Å². The van der Waals surface area contributed by atoms with Crippen molar-refractivity contribution in [1.29, 1.82) is 0 Å². The van der Waals surface area contributed by atoms with E-state index in [9.17, 15) is 9.59 Å². The van der Waals surface area contributed by atoms with Crippen LogP contribution in [0.1, 0.15) is 40.5 Å². The smallest absolute Gasteiger partial charge is 0.410 e. The molecule has 1 amide bonds. The van der Waals surface area contributed by atoms with Gasteiger partial charge in [0, 0.05) is 19.5 Å². The summed E-state index contributed by atoms with van der Waals surface area (Å²) in [6.07, 6.45) is 2.03. The van der Waals surface area contributed by atoms with Crippen LogP contribution < -0.4 is 0 Å². The highest BCUT2D eigenvalue weighted by Gasteiger charge is 2.37. The van der Waals surface area contributed by atoms with Crippen LogP contribution >= 0.6 is 0 Å². The van der Waals surface area contributed by atoms with E-state index in [1.807, 2.05) is 27.7 Å². The van der Waals surface area contributed by atoms with Crippen LogP contribution in [0.2, 0.25) is 0 Å². The highest BCUT2D eigenvalue weighted by molar-refractivity contribution is 5.68. The van der Waals surface area contributed by atoms with Gasteiger partial charge in [0.1, 0.15) is 11.9 Å². The molecule has 1 fully saturated rings. The van der Waals surface area contributed by atoms with Crippen molar-refractivity contribution in [3.63, 3.8) is 0 Å². The molecule has 92 valence electrons. The van der Waals surface area contributed by atoms with Gasteiger partial charge in [-0.3, -0.25) is 0 Å². The Labute approximate surface area is 96.9 Å². The average Bonchev–Trinajstić information content (AvgIpc) is 2.45. The lowest BCUT2D eigenvalue weighted by atomic mass is 9.87. The molecule has 0 bridgehead atoms. The van der Waals surface area contributed by atoms with Gasteiger partial charge < -0.3 is 14.4 Å². The van der Waals surface area contributed by atoms with Crippen molar-refractivity contribution in [2.75, 3.05) is 13.1 Å². The second-order valence-electron chi connectivity index (χ2n) is 5.83. The molecule has 0 aromatic heterocycles. The van der Waals surface area contributed by atoms with Crippen molar-refractivity contribution in [3.05, 3.63) is 0 Å². The highest BCUT2D eigenvalue weighted by Crippen LogP contribution is 2.33. The van der Waals surface area contributed by atoms with Gasteiger partial charge in [0.25, 0.3) is 0 Å². The third-order valence-electron chi connectivity index (χ3n) is 2.79. The number of hydrogen-bond acceptors (Lipinski definition) is 3. The molecule has 1 heterocycles. The first kappa shape index (κ1) is 13.0. The predicted octanol–water partition coefficient (Wildman–Crippen LogP) is 2.22. The summed E-state index contributed by atoms with van der Waals surface area (Å²) in [5.41, 5.74) is -0.528. The first-order chi connectivity index (χ1) is 7.26. The Morgan fingerprint density at radius 2 is 2.12 bits per heavy atom. The van der Waals surface area contributed by atoms with E-state index < -0.39 is 5.60 Å². The fourth-order valence-electron chi connectivity index (χ4n) is 1.87. The zero-order valence-corrected chi connectivity index (χ0v) is 10.6. The number of hydrogen-bond donors (Lipinski definition) is 0. The van der Waals surface area contributed by atoms with Gasteiger partial charge in [-0.2, -0.15) is 0 Å². The molecule has 0 radical (unpaired) electrons. The Morgan fingerprint density at radius 3 is 2.62 bits per heavy atom. The molecule has 0 aromatic rings. The zero-order chi connectivity index (χ0) is 12.4. The maximum atomic E-state index is 11.8. The molecule has 1 rings (SSSR count). The van der Waals surface area contributed by atoms with Gasteiger partial charge in [-0.25, -0.2) is 4.79 Å². The predicted molar refractivity (Wildman–Crippen MR) is 61.2 cm³/mol. The molecule has 0 spiro atoms. The molecule has 1 unspecified atom stereocenters. The molecule has 1 aliphatic rings. The Morgan fingerprint density at radius 1 is 1.50 bits per heavy atom. The fraction of sp³-hybridized carbons (Fsp3) is 0.833. The lowest BCUT2D eigenvalue weighted by Gasteiger charge is -2.26. The molecule has 0 saturated carbocycles. The normalized spacial score (nSPS) is 25.6. The molecule has 16 heavy (non-hydrogen) atoms. The Bertz CT molecular complexity index is 282. The molecule has 4 nitrogen and oxygen atoms in total. The summed E-state index contributed by atoms with van der Waals surface area (Å²) in [6.45, 7) is 8.88. The minimum atomic E-state index is -0.458. The van der Waals surface area contributed by atoms with Crippen LogP contribution in [-0.4, -0.2) is 36.0 Å². The number of carbonyl (C=O) groups is 2. The number of nitrogens with zero attached hydrogens (tertiary/aromatic N) is 1. The Balaban J connectivity index is 2.53. The molecular weight excluding hydrogens is 206 g/mol. The average molecular weight is 227 g/mol. The lowest BCUT2D eigenvalue weighted by molar-refractivity contribution is -0.109. The first-order valence-electron chi connectivity index (χ1n) is 5.67. The highest BCUT2D eigenvalue weighted by atomic mass is 16.6. The molecule has 1 aliphatic heterocycles. The van der Waals surface area contributed by atoms with Gasteiger partial charge in [-0.1, -0.05) is 6.92 Å². The number of ether oxygens (including phenoxy) is 1. The third kappa shape index (κ3) is 3.51. The van der Waals surface area contributed by atoms with E-state index in [1.165, 1.54) is 0 Å². The summed E-state index contributed by atoms with van der Waals surface area (Å²) in [4.78, 5) is 24.0. The van der Waals surface area contributed by atoms with Gasteiger partial charge >= 0.3 is 6.09 Å². The molecule has 4 heteroatoms. The van der Waals surface area contributed by atoms with Crippen LogP contribution in [0.5, 0.6) is 0 Å². The SMILES string of the molecule is CC1(CC=O)CCN(C(=O)OC(C)(C)C)C1. The summed E-state index contributed by atoms with van der Waals surface area (Å²) in [7, 11) is 0. The van der Waals surface area contributed by atoms with E-state index in [1.54, 1.807) is 4.90 Å². The van der Waals surface area contributed by atoms with Crippen molar-refractivity contribution in [1.82, 2.24) is 4.90 Å². The zero-order valence-electron chi connectivity index (χ0n) is 10.6. The van der Waals surface area contributed by atoms with E-state index >= 15 is 0 Å². The summed E-state index contributed by atoms with van der Waals surface area (Å²) in [6, 6.07) is 0. The van der Waals surface area contributed by atoms with Gasteiger partial charge in [0.15, 0.2) is 0 Å². The molecule has 1 saturated heterocycles. The standard InChI is InChI=1S/C12H21NO3/c1-11(2,3)16-10(15)13-7-5-12(4,9-13)6-8-14/h8H,5-7,9H2,1-4H3. The quantitative estimate of drug-likeness (QED) is 0.679. The minimum Gasteiger partial charge on any atom is -0.444 e. The van der Waals surface area contributed by atoms with E-state index in [0.29, 0.717) is 19.5 Å². The summed E-state index contributed by atoms with van der Waals surface area (Å²) < 4.78 is 5.29. The van der Waals surface area contributed by atoms with Crippen LogP contribution in [-0.2, 0) is 9.53 Å². The van der Waals surface area contributed by atoms with Crippen LogP contribution in [0.3, 0.4) is 0 Å². The van der Waals surface area contributed by atoms with Crippen molar-refractivity contribution in [2.24, 2.45) is 5.41 Å². The molecule has 1 atom stereocenters. The van der Waals surface area contributed by atoms with E-state index in [-0.39, 0.29) is 11.5 Å². The monoisotopic (exact) mass is 227 g/mol. The summed E-state index contributed by atoms with van der Waals surface area (Å²) in [5, 5.41) is 0. The lowest BCUT2D eigenvalue weighted by Crippen LogP contribution is -2.36. The van der Waals surface area contributed by atoms with Crippen LogP contribution in [0.15, 0.2) is 0 Å². The molecule has 0 N–H and O–H groups in total.